The number of carbonyl (C=O) groups excluding carboxylic acids is 1. The molecular weight excluding hydrogens is 422 g/mol. The number of aryl methyl sites for hydroxylation is 1. The summed E-state index contributed by atoms with van der Waals surface area (Å²) in [5.74, 6) is 2.04. The lowest BCUT2D eigenvalue weighted by molar-refractivity contribution is -0.120. The first-order valence-corrected chi connectivity index (χ1v) is 10.4. The van der Waals surface area contributed by atoms with Crippen LogP contribution >= 0.6 is 0 Å². The van der Waals surface area contributed by atoms with Crippen LogP contribution in [-0.2, 0) is 17.8 Å². The molecule has 0 saturated heterocycles. The Bertz CT molecular complexity index is 1520. The molecule has 0 spiro atoms. The average molecular weight is 443 g/mol. The molecule has 0 unspecified atom stereocenters. The highest BCUT2D eigenvalue weighted by atomic mass is 16.5. The van der Waals surface area contributed by atoms with Gasteiger partial charge >= 0.3 is 5.63 Å². The summed E-state index contributed by atoms with van der Waals surface area (Å²) in [4.78, 5) is 25.4. The molecule has 7 heteroatoms. The molecule has 3 aromatic heterocycles. The Balaban J connectivity index is 1.57. The van der Waals surface area contributed by atoms with Crippen molar-refractivity contribution in [3.05, 3.63) is 88.4 Å². The standard InChI is InChI=1S/C26H21NO6/c1-15-10-22-24(26(29)32-15)21(13-23(28)27-14-20-4-3-9-31-20)25(33-22)18-6-5-17-12-19(30-2)8-7-16(17)11-18/h3-12H,13-14H2,1-2H3,(H,27,28). The Morgan fingerprint density at radius 3 is 2.64 bits per heavy atom. The average Bonchev–Trinajstić information content (AvgIpc) is 3.45. The summed E-state index contributed by atoms with van der Waals surface area (Å²) < 4.78 is 22.0. The zero-order chi connectivity index (χ0) is 22.9. The van der Waals surface area contributed by atoms with Gasteiger partial charge in [0.2, 0.25) is 5.91 Å². The van der Waals surface area contributed by atoms with E-state index in [9.17, 15) is 9.59 Å². The number of carbonyl (C=O) groups is 1. The summed E-state index contributed by atoms with van der Waals surface area (Å²) >= 11 is 0. The van der Waals surface area contributed by atoms with Gasteiger partial charge in [-0.3, -0.25) is 4.79 Å². The lowest BCUT2D eigenvalue weighted by Crippen LogP contribution is -2.24. The number of amides is 1. The molecule has 0 fully saturated rings. The van der Waals surface area contributed by atoms with Crippen LogP contribution in [0.2, 0.25) is 0 Å². The minimum atomic E-state index is -0.528. The molecule has 0 atom stereocenters. The summed E-state index contributed by atoms with van der Waals surface area (Å²) in [5, 5.41) is 5.07. The summed E-state index contributed by atoms with van der Waals surface area (Å²) in [7, 11) is 1.63. The van der Waals surface area contributed by atoms with E-state index < -0.39 is 5.63 Å². The van der Waals surface area contributed by atoms with Crippen LogP contribution in [0.1, 0.15) is 17.1 Å². The second kappa shape index (κ2) is 8.35. The van der Waals surface area contributed by atoms with Crippen LogP contribution in [0.3, 0.4) is 0 Å². The van der Waals surface area contributed by atoms with Crippen LogP contribution in [0.4, 0.5) is 0 Å². The SMILES string of the molecule is COc1ccc2cc(-c3oc4cc(C)oc(=O)c4c3CC(=O)NCc3ccco3)ccc2c1. The van der Waals surface area contributed by atoms with Crippen LogP contribution in [0, 0.1) is 6.92 Å². The highest BCUT2D eigenvalue weighted by Crippen LogP contribution is 2.35. The molecule has 5 rings (SSSR count). The number of benzene rings is 2. The van der Waals surface area contributed by atoms with Gasteiger partial charge in [-0.15, -0.1) is 0 Å². The number of rotatable bonds is 6. The summed E-state index contributed by atoms with van der Waals surface area (Å²) in [6.45, 7) is 1.94. The number of methoxy groups -OCH3 is 1. The van der Waals surface area contributed by atoms with Gasteiger partial charge in [-0.05, 0) is 48.0 Å². The second-order valence-corrected chi connectivity index (χ2v) is 7.75. The van der Waals surface area contributed by atoms with Gasteiger partial charge in [0.05, 0.1) is 26.3 Å². The molecule has 1 N–H and O–H groups in total. The van der Waals surface area contributed by atoms with Crippen molar-refractivity contribution in [1.29, 1.82) is 0 Å². The van der Waals surface area contributed by atoms with Gasteiger partial charge in [0.15, 0.2) is 0 Å². The second-order valence-electron chi connectivity index (χ2n) is 7.75. The van der Waals surface area contributed by atoms with Crippen LogP contribution in [-0.4, -0.2) is 13.0 Å². The molecule has 0 aliphatic rings. The third kappa shape index (κ3) is 4.01. The molecule has 0 radical (unpaired) electrons. The van der Waals surface area contributed by atoms with E-state index in [4.69, 9.17) is 18.0 Å². The number of furan rings is 2. The van der Waals surface area contributed by atoms with E-state index in [0.717, 1.165) is 22.1 Å². The molecule has 0 saturated carbocycles. The van der Waals surface area contributed by atoms with Crippen molar-refractivity contribution in [2.45, 2.75) is 19.9 Å². The molecule has 0 aliphatic heterocycles. The summed E-state index contributed by atoms with van der Waals surface area (Å²) in [6, 6.07) is 16.8. The number of hydrogen-bond acceptors (Lipinski definition) is 6. The van der Waals surface area contributed by atoms with Gasteiger partial charge in [-0.2, -0.15) is 0 Å². The Hall–Kier alpha value is -4.26. The van der Waals surface area contributed by atoms with Crippen molar-refractivity contribution < 1.29 is 22.8 Å². The van der Waals surface area contributed by atoms with Crippen molar-refractivity contribution in [3.63, 3.8) is 0 Å². The van der Waals surface area contributed by atoms with Crippen molar-refractivity contribution in [1.82, 2.24) is 5.32 Å². The molecule has 0 bridgehead atoms. The highest BCUT2D eigenvalue weighted by molar-refractivity contribution is 5.95. The Labute approximate surface area is 188 Å². The van der Waals surface area contributed by atoms with E-state index in [-0.39, 0.29) is 24.3 Å². The fourth-order valence-electron chi connectivity index (χ4n) is 3.94. The van der Waals surface area contributed by atoms with Gasteiger partial charge in [-0.25, -0.2) is 4.79 Å². The van der Waals surface area contributed by atoms with E-state index in [1.54, 1.807) is 38.5 Å². The predicted molar refractivity (Wildman–Crippen MR) is 123 cm³/mol. The first-order valence-electron chi connectivity index (χ1n) is 10.4. The lowest BCUT2D eigenvalue weighted by atomic mass is 10.0. The van der Waals surface area contributed by atoms with Gasteiger partial charge in [-0.1, -0.05) is 18.2 Å². The smallest absolute Gasteiger partial charge is 0.347 e. The molecule has 33 heavy (non-hydrogen) atoms. The van der Waals surface area contributed by atoms with E-state index >= 15 is 0 Å². The quantitative estimate of drug-likeness (QED) is 0.398. The Kier molecular flexibility index (Phi) is 5.22. The van der Waals surface area contributed by atoms with Gasteiger partial charge < -0.3 is 23.3 Å². The molecule has 2 aromatic carbocycles. The monoisotopic (exact) mass is 443 g/mol. The van der Waals surface area contributed by atoms with Crippen LogP contribution < -0.4 is 15.7 Å². The zero-order valence-corrected chi connectivity index (χ0v) is 18.1. The lowest BCUT2D eigenvalue weighted by Gasteiger charge is -2.07. The molecule has 3 heterocycles. The normalized spacial score (nSPS) is 11.2. The third-order valence-corrected chi connectivity index (χ3v) is 5.51. The van der Waals surface area contributed by atoms with E-state index in [0.29, 0.717) is 28.4 Å². The van der Waals surface area contributed by atoms with Crippen molar-refractivity contribution in [2.24, 2.45) is 0 Å². The molecule has 0 aliphatic carbocycles. The highest BCUT2D eigenvalue weighted by Gasteiger charge is 2.22. The number of ether oxygens (including phenoxy) is 1. The molecule has 1 amide bonds. The summed E-state index contributed by atoms with van der Waals surface area (Å²) in [6.07, 6.45) is 1.50. The molecular formula is C26H21NO6. The van der Waals surface area contributed by atoms with Gasteiger partial charge in [0.1, 0.15) is 34.0 Å². The molecule has 7 nitrogen and oxygen atoms in total. The van der Waals surface area contributed by atoms with Crippen molar-refractivity contribution in [2.75, 3.05) is 7.11 Å². The van der Waals surface area contributed by atoms with Crippen molar-refractivity contribution >= 4 is 27.6 Å². The van der Waals surface area contributed by atoms with Crippen LogP contribution in [0.15, 0.2) is 78.9 Å². The van der Waals surface area contributed by atoms with Gasteiger partial charge in [0, 0.05) is 17.2 Å². The number of nitrogens with one attached hydrogen (secondary N) is 1. The maximum Gasteiger partial charge on any atom is 0.347 e. The first kappa shape index (κ1) is 20.6. The maximum atomic E-state index is 12.8. The molecule has 5 aromatic rings. The molecule has 166 valence electrons. The number of fused-ring (bicyclic) bond motifs is 2. The topological polar surface area (TPSA) is 94.8 Å². The minimum absolute atomic E-state index is 0.0441. The largest absolute Gasteiger partial charge is 0.497 e. The van der Waals surface area contributed by atoms with Crippen LogP contribution in [0.5, 0.6) is 5.75 Å². The van der Waals surface area contributed by atoms with E-state index in [2.05, 4.69) is 5.32 Å². The fraction of sp³-hybridized carbons (Fsp3) is 0.154. The maximum absolute atomic E-state index is 12.8. The van der Waals surface area contributed by atoms with Crippen LogP contribution in [0.25, 0.3) is 33.1 Å². The first-order chi connectivity index (χ1) is 16.0. The Morgan fingerprint density at radius 2 is 1.85 bits per heavy atom. The minimum Gasteiger partial charge on any atom is -0.497 e. The van der Waals surface area contributed by atoms with Crippen molar-refractivity contribution in [3.8, 4) is 17.1 Å². The van der Waals surface area contributed by atoms with Gasteiger partial charge in [0.25, 0.3) is 0 Å². The van der Waals surface area contributed by atoms with E-state index in [1.165, 1.54) is 0 Å². The third-order valence-electron chi connectivity index (χ3n) is 5.51. The number of hydrogen-bond donors (Lipinski definition) is 1. The summed E-state index contributed by atoms with van der Waals surface area (Å²) in [5.41, 5.74) is 1.11. The zero-order valence-electron chi connectivity index (χ0n) is 18.1. The van der Waals surface area contributed by atoms with E-state index in [1.807, 2.05) is 36.4 Å². The predicted octanol–water partition coefficient (Wildman–Crippen LogP) is 4.98. The Morgan fingerprint density at radius 1 is 1.03 bits per heavy atom. The fourth-order valence-corrected chi connectivity index (χ4v) is 3.94.